The summed E-state index contributed by atoms with van der Waals surface area (Å²) in [5, 5.41) is 2.96. The van der Waals surface area contributed by atoms with Crippen molar-refractivity contribution >= 4 is 38.9 Å². The third kappa shape index (κ3) is 4.19. The number of nitrogens with one attached hydrogen (secondary N) is 1. The lowest BCUT2D eigenvalue weighted by atomic mass is 10.1. The number of carbonyl (C=O) groups is 1. The number of carbonyl (C=O) groups excluding carboxylic acids is 1. The number of amides is 1. The zero-order valence-corrected chi connectivity index (χ0v) is 16.8. The largest absolute Gasteiger partial charge is 0.397 e. The Morgan fingerprint density at radius 1 is 1.15 bits per heavy atom. The SMILES string of the molecule is CCN1CCN(c2cc(NC(=O)c3ccc(Br)cc3)c(N)cc2C)CC1. The van der Waals surface area contributed by atoms with E-state index in [1.54, 1.807) is 12.1 Å². The molecule has 1 heterocycles. The molecule has 2 aromatic carbocycles. The molecule has 3 rings (SSSR count). The summed E-state index contributed by atoms with van der Waals surface area (Å²) in [6.07, 6.45) is 0. The van der Waals surface area contributed by atoms with Gasteiger partial charge in [-0.1, -0.05) is 22.9 Å². The van der Waals surface area contributed by atoms with Gasteiger partial charge in [0.25, 0.3) is 5.91 Å². The highest BCUT2D eigenvalue weighted by Gasteiger charge is 2.19. The lowest BCUT2D eigenvalue weighted by Gasteiger charge is -2.36. The van der Waals surface area contributed by atoms with Crippen molar-refractivity contribution in [3.05, 3.63) is 52.0 Å². The van der Waals surface area contributed by atoms with E-state index in [9.17, 15) is 4.79 Å². The lowest BCUT2D eigenvalue weighted by Crippen LogP contribution is -2.46. The molecule has 26 heavy (non-hydrogen) atoms. The van der Waals surface area contributed by atoms with Gasteiger partial charge in [-0.15, -0.1) is 0 Å². The van der Waals surface area contributed by atoms with E-state index in [2.05, 4.69) is 44.9 Å². The molecule has 1 aliphatic rings. The summed E-state index contributed by atoms with van der Waals surface area (Å²) in [7, 11) is 0. The van der Waals surface area contributed by atoms with Crippen LogP contribution in [-0.4, -0.2) is 43.5 Å². The fourth-order valence-corrected chi connectivity index (χ4v) is 3.53. The topological polar surface area (TPSA) is 61.6 Å². The first-order valence-corrected chi connectivity index (χ1v) is 9.71. The fourth-order valence-electron chi connectivity index (χ4n) is 3.27. The Hall–Kier alpha value is -2.05. The molecular weight excluding hydrogens is 392 g/mol. The Morgan fingerprint density at radius 3 is 2.42 bits per heavy atom. The third-order valence-corrected chi connectivity index (χ3v) is 5.41. The van der Waals surface area contributed by atoms with E-state index in [0.717, 1.165) is 48.4 Å². The number of nitrogens with two attached hydrogens (primary N) is 1. The van der Waals surface area contributed by atoms with E-state index in [0.29, 0.717) is 16.9 Å². The van der Waals surface area contributed by atoms with Gasteiger partial charge in [-0.2, -0.15) is 0 Å². The van der Waals surface area contributed by atoms with E-state index in [4.69, 9.17) is 5.73 Å². The molecule has 1 fully saturated rings. The van der Waals surface area contributed by atoms with Gasteiger partial charge >= 0.3 is 0 Å². The monoisotopic (exact) mass is 416 g/mol. The number of anilines is 3. The van der Waals surface area contributed by atoms with Crippen LogP contribution >= 0.6 is 15.9 Å². The second-order valence-electron chi connectivity index (χ2n) is 6.61. The summed E-state index contributed by atoms with van der Waals surface area (Å²) in [4.78, 5) is 17.3. The highest BCUT2D eigenvalue weighted by molar-refractivity contribution is 9.10. The summed E-state index contributed by atoms with van der Waals surface area (Å²) in [5.74, 6) is -0.158. The maximum absolute atomic E-state index is 12.5. The lowest BCUT2D eigenvalue weighted by molar-refractivity contribution is 0.102. The molecule has 138 valence electrons. The maximum atomic E-state index is 12.5. The van der Waals surface area contributed by atoms with Crippen LogP contribution in [0.1, 0.15) is 22.8 Å². The molecule has 0 bridgehead atoms. The summed E-state index contributed by atoms with van der Waals surface area (Å²) in [5.41, 5.74) is 10.3. The minimum Gasteiger partial charge on any atom is -0.397 e. The minimum absolute atomic E-state index is 0.158. The Balaban J connectivity index is 1.79. The minimum atomic E-state index is -0.158. The van der Waals surface area contributed by atoms with E-state index >= 15 is 0 Å². The number of rotatable bonds is 4. The predicted molar refractivity (Wildman–Crippen MR) is 112 cm³/mol. The van der Waals surface area contributed by atoms with Gasteiger partial charge in [-0.3, -0.25) is 4.79 Å². The molecule has 6 heteroatoms. The van der Waals surface area contributed by atoms with E-state index in [1.165, 1.54) is 0 Å². The molecule has 5 nitrogen and oxygen atoms in total. The second-order valence-corrected chi connectivity index (χ2v) is 7.52. The van der Waals surface area contributed by atoms with E-state index in [1.807, 2.05) is 24.3 Å². The van der Waals surface area contributed by atoms with Crippen molar-refractivity contribution in [1.29, 1.82) is 0 Å². The molecule has 1 amide bonds. The molecule has 0 radical (unpaired) electrons. The highest BCUT2D eigenvalue weighted by atomic mass is 79.9. The molecule has 0 aliphatic carbocycles. The van der Waals surface area contributed by atoms with E-state index < -0.39 is 0 Å². The Morgan fingerprint density at radius 2 is 1.81 bits per heavy atom. The van der Waals surface area contributed by atoms with Crippen molar-refractivity contribution in [2.24, 2.45) is 0 Å². The van der Waals surface area contributed by atoms with Gasteiger partial charge in [0.05, 0.1) is 11.4 Å². The van der Waals surface area contributed by atoms with Crippen LogP contribution in [0.5, 0.6) is 0 Å². The molecule has 0 unspecified atom stereocenters. The molecule has 1 aliphatic heterocycles. The first-order valence-electron chi connectivity index (χ1n) is 8.92. The van der Waals surface area contributed by atoms with E-state index in [-0.39, 0.29) is 5.91 Å². The second kappa shape index (κ2) is 8.10. The number of halogens is 1. The van der Waals surface area contributed by atoms with Crippen molar-refractivity contribution in [3.63, 3.8) is 0 Å². The van der Waals surface area contributed by atoms with Gasteiger partial charge < -0.3 is 20.9 Å². The zero-order valence-electron chi connectivity index (χ0n) is 15.3. The number of nitrogens with zero attached hydrogens (tertiary/aromatic N) is 2. The molecule has 0 atom stereocenters. The van der Waals surface area contributed by atoms with Gasteiger partial charge in [0.2, 0.25) is 0 Å². The molecule has 3 N–H and O–H groups in total. The molecule has 2 aromatic rings. The van der Waals surface area contributed by atoms with Gasteiger partial charge in [-0.05, 0) is 55.4 Å². The molecular formula is C20H25BrN4O. The standard InChI is InChI=1S/C20H25BrN4O/c1-3-24-8-10-25(11-9-24)19-13-18(17(22)12-14(19)2)23-20(26)15-4-6-16(21)7-5-15/h4-7,12-13H,3,8-11,22H2,1-2H3,(H,23,26). The summed E-state index contributed by atoms with van der Waals surface area (Å²) < 4.78 is 0.942. The van der Waals surface area contributed by atoms with Crippen LogP contribution in [0.15, 0.2) is 40.9 Å². The average Bonchev–Trinajstić information content (AvgIpc) is 2.64. The highest BCUT2D eigenvalue weighted by Crippen LogP contribution is 2.31. The third-order valence-electron chi connectivity index (χ3n) is 4.88. The number of nitrogen functional groups attached to an aromatic ring is 1. The molecule has 0 saturated carbocycles. The number of benzene rings is 2. The smallest absolute Gasteiger partial charge is 0.255 e. The summed E-state index contributed by atoms with van der Waals surface area (Å²) in [6, 6.07) is 11.2. The molecule has 0 aromatic heterocycles. The maximum Gasteiger partial charge on any atom is 0.255 e. The van der Waals surface area contributed by atoms with Crippen LogP contribution in [-0.2, 0) is 0 Å². The Labute approximate surface area is 163 Å². The Kier molecular flexibility index (Phi) is 5.84. The van der Waals surface area contributed by atoms with Crippen LogP contribution in [0.4, 0.5) is 17.1 Å². The number of piperazine rings is 1. The van der Waals surface area contributed by atoms with Gasteiger partial charge in [0, 0.05) is 41.9 Å². The van der Waals surface area contributed by atoms with Crippen molar-refractivity contribution in [1.82, 2.24) is 4.90 Å². The number of hydrogen-bond acceptors (Lipinski definition) is 4. The first-order chi connectivity index (χ1) is 12.5. The van der Waals surface area contributed by atoms with Crippen LogP contribution in [0.25, 0.3) is 0 Å². The average molecular weight is 417 g/mol. The fraction of sp³-hybridized carbons (Fsp3) is 0.350. The number of likely N-dealkylation sites (N-methyl/N-ethyl adjacent to an activating group) is 1. The van der Waals surface area contributed by atoms with Crippen LogP contribution < -0.4 is 16.0 Å². The quantitative estimate of drug-likeness (QED) is 0.745. The van der Waals surface area contributed by atoms with Crippen LogP contribution in [0.3, 0.4) is 0 Å². The zero-order chi connectivity index (χ0) is 18.7. The van der Waals surface area contributed by atoms with Crippen LogP contribution in [0, 0.1) is 6.92 Å². The van der Waals surface area contributed by atoms with Crippen LogP contribution in [0.2, 0.25) is 0 Å². The normalized spacial score (nSPS) is 15.1. The van der Waals surface area contributed by atoms with Gasteiger partial charge in [0.15, 0.2) is 0 Å². The van der Waals surface area contributed by atoms with Crippen molar-refractivity contribution < 1.29 is 4.79 Å². The number of hydrogen-bond donors (Lipinski definition) is 2. The van der Waals surface area contributed by atoms with Crippen molar-refractivity contribution in [2.75, 3.05) is 48.7 Å². The molecule has 0 spiro atoms. The number of aryl methyl sites for hydroxylation is 1. The Bertz CT molecular complexity index is 783. The van der Waals surface area contributed by atoms with Crippen molar-refractivity contribution in [3.8, 4) is 0 Å². The summed E-state index contributed by atoms with van der Waals surface area (Å²) in [6.45, 7) is 9.43. The van der Waals surface area contributed by atoms with Crippen molar-refractivity contribution in [2.45, 2.75) is 13.8 Å². The first kappa shape index (κ1) is 18.7. The van der Waals surface area contributed by atoms with Gasteiger partial charge in [-0.25, -0.2) is 0 Å². The van der Waals surface area contributed by atoms with Gasteiger partial charge in [0.1, 0.15) is 0 Å². The molecule has 1 saturated heterocycles. The summed E-state index contributed by atoms with van der Waals surface area (Å²) >= 11 is 3.38. The predicted octanol–water partition coefficient (Wildman–Crippen LogP) is 3.73.